The number of nitrogens with two attached hydrogens (primary N) is 1. The van der Waals surface area contributed by atoms with Crippen molar-refractivity contribution in [1.29, 1.82) is 0 Å². The van der Waals surface area contributed by atoms with Crippen LogP contribution in [0.15, 0.2) is 35.3 Å². The Kier molecular flexibility index (Phi) is 5.36. The highest BCUT2D eigenvalue weighted by atomic mass is 15.3. The fraction of sp³-hybridized carbons (Fsp3) is 0.632. The van der Waals surface area contributed by atoms with Crippen LogP contribution in [0.25, 0.3) is 0 Å². The molecule has 3 rings (SSSR count). The molecule has 0 unspecified atom stereocenters. The summed E-state index contributed by atoms with van der Waals surface area (Å²) >= 11 is 0. The summed E-state index contributed by atoms with van der Waals surface area (Å²) < 4.78 is 0. The van der Waals surface area contributed by atoms with E-state index in [0.717, 1.165) is 25.0 Å². The van der Waals surface area contributed by atoms with E-state index in [1.807, 2.05) is 0 Å². The molecule has 0 bridgehead atoms. The van der Waals surface area contributed by atoms with Gasteiger partial charge in [0.15, 0.2) is 5.96 Å². The molecule has 0 radical (unpaired) electrons. The summed E-state index contributed by atoms with van der Waals surface area (Å²) in [6.45, 7) is 1.85. The lowest BCUT2D eigenvalue weighted by molar-refractivity contribution is 0.305. The number of nitrogens with zero attached hydrogens (tertiary/aromatic N) is 2. The number of hydrogen-bond acceptors (Lipinski definition) is 3. The maximum Gasteiger partial charge on any atom is 0.191 e. The maximum atomic E-state index is 6.11. The summed E-state index contributed by atoms with van der Waals surface area (Å²) in [4.78, 5) is 6.77. The van der Waals surface area contributed by atoms with Gasteiger partial charge in [0.05, 0.1) is 12.6 Å². The van der Waals surface area contributed by atoms with Gasteiger partial charge in [-0.05, 0) is 17.9 Å². The average molecular weight is 299 g/mol. The lowest BCUT2D eigenvalue weighted by Crippen LogP contribution is -2.36. The van der Waals surface area contributed by atoms with Crippen molar-refractivity contribution in [3.05, 3.63) is 35.9 Å². The van der Waals surface area contributed by atoms with Crippen LogP contribution in [-0.4, -0.2) is 23.9 Å². The molecule has 2 N–H and O–H groups in total. The van der Waals surface area contributed by atoms with Gasteiger partial charge < -0.3 is 10.6 Å². The zero-order valence-electron chi connectivity index (χ0n) is 13.6. The lowest BCUT2D eigenvalue weighted by Gasteiger charge is -2.27. The summed E-state index contributed by atoms with van der Waals surface area (Å²) in [6, 6.07) is 11.0. The molecule has 1 fully saturated rings. The minimum Gasteiger partial charge on any atom is -0.370 e. The first-order chi connectivity index (χ1) is 10.8. The smallest absolute Gasteiger partial charge is 0.191 e. The molecule has 22 heavy (non-hydrogen) atoms. The number of aliphatic imine (C=N–C) groups is 1. The van der Waals surface area contributed by atoms with Crippen molar-refractivity contribution in [2.75, 3.05) is 13.1 Å². The van der Waals surface area contributed by atoms with Gasteiger partial charge in [0, 0.05) is 6.54 Å². The number of rotatable bonds is 6. The fourth-order valence-electron chi connectivity index (χ4n) is 3.95. The first kappa shape index (κ1) is 15.4. The molecule has 3 heteroatoms. The van der Waals surface area contributed by atoms with E-state index in [2.05, 4.69) is 40.2 Å². The molecule has 2 aliphatic rings. The topological polar surface area (TPSA) is 41.6 Å². The third-order valence-corrected chi connectivity index (χ3v) is 5.27. The van der Waals surface area contributed by atoms with Crippen molar-refractivity contribution in [3.63, 3.8) is 0 Å². The van der Waals surface area contributed by atoms with Crippen LogP contribution in [0.4, 0.5) is 0 Å². The second-order valence-electron chi connectivity index (χ2n) is 6.82. The SMILES string of the molecule is NC1=NC[C@H](c2ccccc2)N1CCCCC1CCCCC1. The summed E-state index contributed by atoms with van der Waals surface area (Å²) in [5.41, 5.74) is 7.44. The minimum absolute atomic E-state index is 0.343. The van der Waals surface area contributed by atoms with Crippen LogP contribution in [0.3, 0.4) is 0 Å². The molecule has 1 heterocycles. The van der Waals surface area contributed by atoms with Gasteiger partial charge in [-0.25, -0.2) is 0 Å². The largest absolute Gasteiger partial charge is 0.370 e. The molecule has 1 saturated carbocycles. The van der Waals surface area contributed by atoms with E-state index in [0.29, 0.717) is 6.04 Å². The van der Waals surface area contributed by atoms with Gasteiger partial charge in [-0.15, -0.1) is 0 Å². The zero-order chi connectivity index (χ0) is 15.2. The van der Waals surface area contributed by atoms with Gasteiger partial charge in [0.2, 0.25) is 0 Å². The molecular formula is C19H29N3. The molecule has 1 atom stereocenters. The highest BCUT2D eigenvalue weighted by Crippen LogP contribution is 2.29. The van der Waals surface area contributed by atoms with Crippen LogP contribution in [-0.2, 0) is 0 Å². The second kappa shape index (κ2) is 7.66. The normalized spacial score (nSPS) is 22.8. The second-order valence-corrected chi connectivity index (χ2v) is 6.82. The molecule has 1 aromatic carbocycles. The summed E-state index contributed by atoms with van der Waals surface area (Å²) in [6.07, 6.45) is 11.2. The number of hydrogen-bond donors (Lipinski definition) is 1. The van der Waals surface area contributed by atoms with Crippen LogP contribution in [0, 0.1) is 5.92 Å². The van der Waals surface area contributed by atoms with Crippen LogP contribution in [0.2, 0.25) is 0 Å². The Hall–Kier alpha value is -1.51. The third-order valence-electron chi connectivity index (χ3n) is 5.27. The van der Waals surface area contributed by atoms with Gasteiger partial charge in [-0.3, -0.25) is 4.99 Å². The van der Waals surface area contributed by atoms with Crippen LogP contribution in [0.5, 0.6) is 0 Å². The molecule has 0 amide bonds. The summed E-state index contributed by atoms with van der Waals surface area (Å²) in [5.74, 6) is 1.72. The van der Waals surface area contributed by atoms with Crippen LogP contribution in [0.1, 0.15) is 63.0 Å². The Morgan fingerprint density at radius 2 is 1.82 bits per heavy atom. The first-order valence-corrected chi connectivity index (χ1v) is 8.96. The molecule has 0 saturated heterocycles. The predicted octanol–water partition coefficient (Wildman–Crippen LogP) is 4.11. The van der Waals surface area contributed by atoms with Crippen molar-refractivity contribution in [1.82, 2.24) is 4.90 Å². The van der Waals surface area contributed by atoms with E-state index in [1.54, 1.807) is 0 Å². The van der Waals surface area contributed by atoms with Crippen molar-refractivity contribution in [3.8, 4) is 0 Å². The van der Waals surface area contributed by atoms with E-state index in [4.69, 9.17) is 5.73 Å². The lowest BCUT2D eigenvalue weighted by atomic mass is 9.86. The molecule has 0 aromatic heterocycles. The minimum atomic E-state index is 0.343. The average Bonchev–Trinajstić information content (AvgIpc) is 2.94. The monoisotopic (exact) mass is 299 g/mol. The third kappa shape index (κ3) is 3.82. The van der Waals surface area contributed by atoms with Gasteiger partial charge in [0.1, 0.15) is 0 Å². The van der Waals surface area contributed by atoms with E-state index in [9.17, 15) is 0 Å². The van der Waals surface area contributed by atoms with Crippen molar-refractivity contribution in [2.45, 2.75) is 57.4 Å². The Balaban J connectivity index is 1.46. The predicted molar refractivity (Wildman–Crippen MR) is 92.8 cm³/mol. The summed E-state index contributed by atoms with van der Waals surface area (Å²) in [7, 11) is 0. The van der Waals surface area contributed by atoms with Crippen molar-refractivity contribution < 1.29 is 0 Å². The standard InChI is InChI=1S/C19H29N3/c20-19-21-15-18(17-12-5-2-6-13-17)22(19)14-8-7-11-16-9-3-1-4-10-16/h2,5-6,12-13,16,18H,1,3-4,7-11,14-15H2,(H2,20,21)/t18-/m1/s1. The van der Waals surface area contributed by atoms with Crippen molar-refractivity contribution in [2.24, 2.45) is 16.6 Å². The molecular weight excluding hydrogens is 270 g/mol. The Bertz CT molecular complexity index is 477. The van der Waals surface area contributed by atoms with E-state index < -0.39 is 0 Å². The van der Waals surface area contributed by atoms with Gasteiger partial charge in [0.25, 0.3) is 0 Å². The van der Waals surface area contributed by atoms with Gasteiger partial charge in [-0.1, -0.05) is 75.3 Å². The Morgan fingerprint density at radius 1 is 1.05 bits per heavy atom. The first-order valence-electron chi connectivity index (χ1n) is 8.96. The van der Waals surface area contributed by atoms with E-state index >= 15 is 0 Å². The molecule has 1 aliphatic carbocycles. The zero-order valence-corrected chi connectivity index (χ0v) is 13.6. The number of benzene rings is 1. The fourth-order valence-corrected chi connectivity index (χ4v) is 3.95. The molecule has 1 aliphatic heterocycles. The molecule has 3 nitrogen and oxygen atoms in total. The Morgan fingerprint density at radius 3 is 2.59 bits per heavy atom. The highest BCUT2D eigenvalue weighted by molar-refractivity contribution is 5.80. The van der Waals surface area contributed by atoms with E-state index in [-0.39, 0.29) is 0 Å². The molecule has 120 valence electrons. The summed E-state index contributed by atoms with van der Waals surface area (Å²) in [5, 5.41) is 0. The molecule has 1 aromatic rings. The van der Waals surface area contributed by atoms with E-state index in [1.165, 1.54) is 56.9 Å². The van der Waals surface area contributed by atoms with Crippen molar-refractivity contribution >= 4 is 5.96 Å². The van der Waals surface area contributed by atoms with Crippen LogP contribution < -0.4 is 5.73 Å². The highest BCUT2D eigenvalue weighted by Gasteiger charge is 2.26. The number of guanidine groups is 1. The Labute approximate surface area is 134 Å². The quantitative estimate of drug-likeness (QED) is 0.803. The van der Waals surface area contributed by atoms with Gasteiger partial charge in [-0.2, -0.15) is 0 Å². The number of unbranched alkanes of at least 4 members (excludes halogenated alkanes) is 1. The maximum absolute atomic E-state index is 6.11. The molecule has 0 spiro atoms. The van der Waals surface area contributed by atoms with Gasteiger partial charge >= 0.3 is 0 Å². The van der Waals surface area contributed by atoms with Crippen LogP contribution >= 0.6 is 0 Å².